The van der Waals surface area contributed by atoms with Crippen LogP contribution in [0.3, 0.4) is 0 Å². The molecule has 1 fully saturated rings. The molecule has 1 amide bonds. The number of aromatic nitrogens is 1. The van der Waals surface area contributed by atoms with Crippen LogP contribution in [0.5, 0.6) is 5.75 Å². The summed E-state index contributed by atoms with van der Waals surface area (Å²) in [6.07, 6.45) is 2.29. The number of ether oxygens (including phenoxy) is 1. The molecular formula is C29H29FN4O3. The molecule has 2 heterocycles. The van der Waals surface area contributed by atoms with Gasteiger partial charge in [0.05, 0.1) is 18.0 Å². The Morgan fingerprint density at radius 1 is 1.11 bits per heavy atom. The highest BCUT2D eigenvalue weighted by Gasteiger charge is 2.29. The van der Waals surface area contributed by atoms with Gasteiger partial charge in [-0.3, -0.25) is 9.59 Å². The van der Waals surface area contributed by atoms with Gasteiger partial charge in [-0.1, -0.05) is 54.6 Å². The number of carbonyl (C=O) groups is 1. The van der Waals surface area contributed by atoms with E-state index in [1.54, 1.807) is 4.57 Å². The third-order valence-corrected chi connectivity index (χ3v) is 7.06. The van der Waals surface area contributed by atoms with Gasteiger partial charge in [0, 0.05) is 25.8 Å². The Labute approximate surface area is 214 Å². The summed E-state index contributed by atoms with van der Waals surface area (Å²) >= 11 is 0. The Morgan fingerprint density at radius 2 is 1.81 bits per heavy atom. The van der Waals surface area contributed by atoms with E-state index in [0.717, 1.165) is 23.1 Å². The fourth-order valence-electron chi connectivity index (χ4n) is 5.13. The van der Waals surface area contributed by atoms with E-state index in [9.17, 15) is 9.59 Å². The van der Waals surface area contributed by atoms with Crippen molar-refractivity contribution in [2.75, 3.05) is 31.6 Å². The second kappa shape index (κ2) is 10.1. The molecule has 7 nitrogen and oxygen atoms in total. The first-order valence-electron chi connectivity index (χ1n) is 12.2. The normalized spacial score (nSPS) is 15.3. The maximum absolute atomic E-state index is 15.5. The third-order valence-electron chi connectivity index (χ3n) is 7.06. The smallest absolute Gasteiger partial charge is 0.254 e. The summed E-state index contributed by atoms with van der Waals surface area (Å²) in [6.45, 7) is 2.06. The topological polar surface area (TPSA) is 104 Å². The monoisotopic (exact) mass is 500 g/mol. The van der Waals surface area contributed by atoms with E-state index in [0.29, 0.717) is 37.4 Å². The quantitative estimate of drug-likeness (QED) is 0.402. The number of methoxy groups -OCH3 is 1. The van der Waals surface area contributed by atoms with Crippen LogP contribution in [-0.2, 0) is 6.54 Å². The van der Waals surface area contributed by atoms with E-state index >= 15 is 4.39 Å². The molecule has 0 radical (unpaired) electrons. The fraction of sp³-hybridized carbons (Fsp3) is 0.241. The Hall–Kier alpha value is -4.17. The molecule has 0 spiro atoms. The van der Waals surface area contributed by atoms with E-state index in [-0.39, 0.29) is 22.6 Å². The highest BCUT2D eigenvalue weighted by molar-refractivity contribution is 5.99. The van der Waals surface area contributed by atoms with Crippen molar-refractivity contribution in [2.45, 2.75) is 13.0 Å². The maximum atomic E-state index is 15.5. The van der Waals surface area contributed by atoms with Crippen LogP contribution >= 0.6 is 0 Å². The van der Waals surface area contributed by atoms with Crippen LogP contribution in [-0.4, -0.2) is 37.2 Å². The summed E-state index contributed by atoms with van der Waals surface area (Å²) in [6, 6.07) is 19.2. The first kappa shape index (κ1) is 24.5. The average Bonchev–Trinajstić information content (AvgIpc) is 3.39. The van der Waals surface area contributed by atoms with Crippen molar-refractivity contribution in [1.82, 2.24) is 4.57 Å². The lowest BCUT2D eigenvalue weighted by atomic mass is 10.0. The predicted octanol–water partition coefficient (Wildman–Crippen LogP) is 3.75. The molecule has 1 aromatic heterocycles. The number of hydrogen-bond donors (Lipinski definition) is 2. The number of nitrogens with zero attached hydrogens (tertiary/aromatic N) is 2. The number of anilines is 1. The largest absolute Gasteiger partial charge is 0.492 e. The Balaban J connectivity index is 1.65. The number of benzene rings is 3. The van der Waals surface area contributed by atoms with Crippen molar-refractivity contribution in [1.29, 1.82) is 0 Å². The number of amides is 1. The highest BCUT2D eigenvalue weighted by Crippen LogP contribution is 2.40. The highest BCUT2D eigenvalue weighted by atomic mass is 19.1. The standard InChI is InChI=1S/C29H29FN4O3/c1-37-28-25-22(13-24(30)26(28)33-12-11-19(14-31)16-33)27(35)23(29(32)36)17-34(25)15-18-7-9-21(10-8-18)20-5-3-2-4-6-20/h2-10,13,17,19H,11-12,14-16,31H2,1H3,(H2,32,36)/t19-/m0/s1. The minimum absolute atomic E-state index is 0.0462. The molecule has 0 aliphatic carbocycles. The predicted molar refractivity (Wildman–Crippen MR) is 144 cm³/mol. The number of primary amides is 1. The van der Waals surface area contributed by atoms with Gasteiger partial charge in [-0.15, -0.1) is 0 Å². The van der Waals surface area contributed by atoms with Gasteiger partial charge in [0.15, 0.2) is 11.6 Å². The molecule has 3 aromatic carbocycles. The summed E-state index contributed by atoms with van der Waals surface area (Å²) in [4.78, 5) is 27.2. The SMILES string of the molecule is COc1c(N2CC[C@@H](CN)C2)c(F)cc2c(=O)c(C(N)=O)cn(Cc3ccc(-c4ccccc4)cc3)c12. The summed E-state index contributed by atoms with van der Waals surface area (Å²) in [5.41, 5.74) is 14.4. The molecule has 5 rings (SSSR count). The van der Waals surface area contributed by atoms with Crippen molar-refractivity contribution in [3.63, 3.8) is 0 Å². The molecule has 37 heavy (non-hydrogen) atoms. The number of carbonyl (C=O) groups excluding carboxylic acids is 1. The van der Waals surface area contributed by atoms with Gasteiger partial charge in [-0.25, -0.2) is 4.39 Å². The van der Waals surface area contributed by atoms with Crippen LogP contribution < -0.4 is 26.5 Å². The number of rotatable bonds is 7. The van der Waals surface area contributed by atoms with E-state index < -0.39 is 17.2 Å². The second-order valence-corrected chi connectivity index (χ2v) is 9.40. The molecular weight excluding hydrogens is 471 g/mol. The van der Waals surface area contributed by atoms with Crippen LogP contribution in [0.4, 0.5) is 10.1 Å². The summed E-state index contributed by atoms with van der Waals surface area (Å²) in [5, 5.41) is 0.0462. The molecule has 190 valence electrons. The summed E-state index contributed by atoms with van der Waals surface area (Å²) in [7, 11) is 1.46. The van der Waals surface area contributed by atoms with Gasteiger partial charge in [0.25, 0.3) is 5.91 Å². The lowest BCUT2D eigenvalue weighted by Gasteiger charge is -2.25. The van der Waals surface area contributed by atoms with Gasteiger partial charge in [0.1, 0.15) is 11.3 Å². The Bertz CT molecular complexity index is 1520. The Morgan fingerprint density at radius 3 is 2.43 bits per heavy atom. The van der Waals surface area contributed by atoms with Crippen molar-refractivity contribution in [2.24, 2.45) is 17.4 Å². The fourth-order valence-corrected chi connectivity index (χ4v) is 5.13. The maximum Gasteiger partial charge on any atom is 0.254 e. The minimum atomic E-state index is -0.867. The number of nitrogens with two attached hydrogens (primary N) is 2. The van der Waals surface area contributed by atoms with Crippen LogP contribution in [0.1, 0.15) is 22.3 Å². The van der Waals surface area contributed by atoms with E-state index in [2.05, 4.69) is 0 Å². The molecule has 1 aliphatic rings. The molecule has 4 N–H and O–H groups in total. The van der Waals surface area contributed by atoms with Crippen molar-refractivity contribution < 1.29 is 13.9 Å². The Kier molecular flexibility index (Phi) is 6.67. The molecule has 4 aromatic rings. The van der Waals surface area contributed by atoms with Crippen molar-refractivity contribution >= 4 is 22.5 Å². The molecule has 8 heteroatoms. The zero-order valence-corrected chi connectivity index (χ0v) is 20.6. The summed E-state index contributed by atoms with van der Waals surface area (Å²) in [5.74, 6) is -0.947. The molecule has 0 bridgehead atoms. The number of fused-ring (bicyclic) bond motifs is 1. The van der Waals surface area contributed by atoms with Crippen molar-refractivity contribution in [3.8, 4) is 16.9 Å². The third kappa shape index (κ3) is 4.56. The van der Waals surface area contributed by atoms with Gasteiger partial charge in [0.2, 0.25) is 5.43 Å². The molecule has 0 saturated carbocycles. The molecule has 1 saturated heterocycles. The zero-order chi connectivity index (χ0) is 26.1. The van der Waals surface area contributed by atoms with Crippen LogP contribution in [0.25, 0.3) is 22.0 Å². The molecule has 0 unspecified atom stereocenters. The van der Waals surface area contributed by atoms with Gasteiger partial charge in [-0.05, 0) is 41.6 Å². The lowest BCUT2D eigenvalue weighted by molar-refractivity contribution is 0.0998. The van der Waals surface area contributed by atoms with Crippen LogP contribution in [0, 0.1) is 11.7 Å². The first-order chi connectivity index (χ1) is 17.9. The van der Waals surface area contributed by atoms with Gasteiger partial charge in [-0.2, -0.15) is 0 Å². The summed E-state index contributed by atoms with van der Waals surface area (Å²) < 4.78 is 23.0. The van der Waals surface area contributed by atoms with Gasteiger partial charge < -0.3 is 25.7 Å². The first-order valence-corrected chi connectivity index (χ1v) is 12.2. The number of pyridine rings is 1. The average molecular weight is 501 g/mol. The van der Waals surface area contributed by atoms with E-state index in [1.807, 2.05) is 59.5 Å². The molecule has 1 atom stereocenters. The van der Waals surface area contributed by atoms with Crippen LogP contribution in [0.15, 0.2) is 71.7 Å². The molecule has 1 aliphatic heterocycles. The number of hydrogen-bond acceptors (Lipinski definition) is 5. The van der Waals surface area contributed by atoms with E-state index in [4.69, 9.17) is 16.2 Å². The van der Waals surface area contributed by atoms with Crippen molar-refractivity contribution in [3.05, 3.63) is 94.0 Å². The number of halogens is 1. The van der Waals surface area contributed by atoms with Crippen LogP contribution in [0.2, 0.25) is 0 Å². The van der Waals surface area contributed by atoms with E-state index in [1.165, 1.54) is 19.4 Å². The van der Waals surface area contributed by atoms with Gasteiger partial charge >= 0.3 is 0 Å². The zero-order valence-electron chi connectivity index (χ0n) is 20.6. The minimum Gasteiger partial charge on any atom is -0.492 e. The second-order valence-electron chi connectivity index (χ2n) is 9.40. The lowest BCUT2D eigenvalue weighted by Crippen LogP contribution is -2.27.